The lowest BCUT2D eigenvalue weighted by Gasteiger charge is -2.19. The molecule has 2 aromatic carbocycles. The van der Waals surface area contributed by atoms with E-state index in [0.29, 0.717) is 11.1 Å². The molecule has 1 aliphatic rings. The highest BCUT2D eigenvalue weighted by molar-refractivity contribution is 6.21. The summed E-state index contributed by atoms with van der Waals surface area (Å²) in [4.78, 5) is 23.7. The van der Waals surface area contributed by atoms with Crippen molar-refractivity contribution >= 4 is 22.3 Å². The van der Waals surface area contributed by atoms with Gasteiger partial charge in [0.1, 0.15) is 6.10 Å². The highest BCUT2D eigenvalue weighted by atomic mass is 16.3. The average molecular weight is 226 g/mol. The normalized spacial score (nSPS) is 19.5. The molecule has 3 heteroatoms. The van der Waals surface area contributed by atoms with Gasteiger partial charge in [-0.1, -0.05) is 30.3 Å². The van der Waals surface area contributed by atoms with Crippen LogP contribution in [0.15, 0.2) is 36.4 Å². The summed E-state index contributed by atoms with van der Waals surface area (Å²) < 4.78 is 0. The molecular formula is C14H10O3. The first-order chi connectivity index (χ1) is 8.18. The minimum absolute atomic E-state index is 0.111. The number of ketones is 2. The zero-order valence-electron chi connectivity index (χ0n) is 9.01. The average Bonchev–Trinajstić information content (AvgIpc) is 2.35. The molecule has 0 amide bonds. The molecule has 3 rings (SSSR count). The van der Waals surface area contributed by atoms with Gasteiger partial charge >= 0.3 is 0 Å². The van der Waals surface area contributed by atoms with Crippen molar-refractivity contribution in [2.75, 3.05) is 0 Å². The van der Waals surface area contributed by atoms with Gasteiger partial charge in [0.25, 0.3) is 0 Å². The van der Waals surface area contributed by atoms with E-state index in [1.165, 1.54) is 0 Å². The van der Waals surface area contributed by atoms with Crippen LogP contribution in [0.3, 0.4) is 0 Å². The Labute approximate surface area is 97.7 Å². The van der Waals surface area contributed by atoms with Gasteiger partial charge in [-0.2, -0.15) is 0 Å². The van der Waals surface area contributed by atoms with Gasteiger partial charge in [-0.25, -0.2) is 0 Å². The molecule has 2 aromatic rings. The van der Waals surface area contributed by atoms with Gasteiger partial charge in [-0.15, -0.1) is 0 Å². The minimum Gasteiger partial charge on any atom is -0.384 e. The van der Waals surface area contributed by atoms with Crippen LogP contribution in [0.4, 0.5) is 0 Å². The van der Waals surface area contributed by atoms with Crippen LogP contribution in [0, 0.1) is 0 Å². The van der Waals surface area contributed by atoms with Crippen LogP contribution in [-0.2, 0) is 0 Å². The number of carbonyl (C=O) groups excluding carboxylic acids is 2. The molecule has 17 heavy (non-hydrogen) atoms. The van der Waals surface area contributed by atoms with Crippen LogP contribution in [0.2, 0.25) is 0 Å². The Bertz CT molecular complexity index is 643. The summed E-state index contributed by atoms with van der Waals surface area (Å²) in [5, 5.41) is 11.2. The second-order valence-corrected chi connectivity index (χ2v) is 4.22. The molecular weight excluding hydrogens is 216 g/mol. The molecule has 0 bridgehead atoms. The van der Waals surface area contributed by atoms with E-state index in [4.69, 9.17) is 0 Å². The molecule has 0 fully saturated rings. The Kier molecular flexibility index (Phi) is 2.09. The molecule has 0 spiro atoms. The standard InChI is InChI=1S/C14H10O3/c15-11-7-12(16)14(17)10-6-5-8-3-1-2-4-9(8)13(10)11/h1-6,12,16H,7H2/t12-/m1/s1. The van der Waals surface area contributed by atoms with Gasteiger partial charge in [0.15, 0.2) is 11.6 Å². The molecule has 1 atom stereocenters. The van der Waals surface area contributed by atoms with Crippen LogP contribution in [0.1, 0.15) is 27.1 Å². The fourth-order valence-corrected chi connectivity index (χ4v) is 2.33. The third-order valence-electron chi connectivity index (χ3n) is 3.15. The highest BCUT2D eigenvalue weighted by Crippen LogP contribution is 2.28. The Morgan fingerprint density at radius 2 is 1.82 bits per heavy atom. The number of carbonyl (C=O) groups is 2. The van der Waals surface area contributed by atoms with E-state index in [9.17, 15) is 14.7 Å². The highest BCUT2D eigenvalue weighted by Gasteiger charge is 2.32. The van der Waals surface area contributed by atoms with E-state index in [2.05, 4.69) is 0 Å². The van der Waals surface area contributed by atoms with Crippen molar-refractivity contribution in [3.05, 3.63) is 47.5 Å². The maximum Gasteiger partial charge on any atom is 0.192 e. The second kappa shape index (κ2) is 3.50. The van der Waals surface area contributed by atoms with Crippen molar-refractivity contribution < 1.29 is 14.7 Å². The van der Waals surface area contributed by atoms with Crippen molar-refractivity contribution in [1.29, 1.82) is 0 Å². The maximum atomic E-state index is 11.9. The summed E-state index contributed by atoms with van der Waals surface area (Å²) in [5.41, 5.74) is 0.797. The number of aliphatic hydroxyl groups excluding tert-OH is 1. The quantitative estimate of drug-likeness (QED) is 0.747. The molecule has 0 unspecified atom stereocenters. The zero-order valence-corrected chi connectivity index (χ0v) is 9.01. The summed E-state index contributed by atoms with van der Waals surface area (Å²) in [6, 6.07) is 10.9. The number of aliphatic hydroxyl groups is 1. The first-order valence-electron chi connectivity index (χ1n) is 5.45. The molecule has 1 aliphatic carbocycles. The number of hydrogen-bond donors (Lipinski definition) is 1. The summed E-state index contributed by atoms with van der Waals surface area (Å²) in [7, 11) is 0. The fourth-order valence-electron chi connectivity index (χ4n) is 2.33. The maximum absolute atomic E-state index is 11.9. The van der Waals surface area contributed by atoms with Crippen LogP contribution in [-0.4, -0.2) is 22.8 Å². The summed E-state index contributed by atoms with van der Waals surface area (Å²) >= 11 is 0. The fraction of sp³-hybridized carbons (Fsp3) is 0.143. The predicted molar refractivity (Wildman–Crippen MR) is 63.2 cm³/mol. The Hall–Kier alpha value is -2.00. The third kappa shape index (κ3) is 1.40. The van der Waals surface area contributed by atoms with Gasteiger partial charge in [-0.05, 0) is 16.8 Å². The smallest absolute Gasteiger partial charge is 0.192 e. The summed E-state index contributed by atoms with van der Waals surface area (Å²) in [6.45, 7) is 0. The van der Waals surface area contributed by atoms with Gasteiger partial charge < -0.3 is 5.11 Å². The van der Waals surface area contributed by atoms with Crippen LogP contribution in [0.25, 0.3) is 10.8 Å². The van der Waals surface area contributed by atoms with E-state index in [1.807, 2.05) is 24.3 Å². The van der Waals surface area contributed by atoms with Crippen molar-refractivity contribution in [1.82, 2.24) is 0 Å². The first-order valence-corrected chi connectivity index (χ1v) is 5.45. The van der Waals surface area contributed by atoms with Crippen molar-refractivity contribution in [3.63, 3.8) is 0 Å². The van der Waals surface area contributed by atoms with Gasteiger partial charge in [0, 0.05) is 17.5 Å². The van der Waals surface area contributed by atoms with Crippen molar-refractivity contribution in [3.8, 4) is 0 Å². The van der Waals surface area contributed by atoms with E-state index in [-0.39, 0.29) is 18.0 Å². The lowest BCUT2D eigenvalue weighted by molar-refractivity contribution is 0.0654. The van der Waals surface area contributed by atoms with Gasteiger partial charge in [0.05, 0.1) is 0 Å². The molecule has 84 valence electrons. The number of hydrogen-bond acceptors (Lipinski definition) is 3. The van der Waals surface area contributed by atoms with Crippen LogP contribution >= 0.6 is 0 Å². The second-order valence-electron chi connectivity index (χ2n) is 4.22. The number of fused-ring (bicyclic) bond motifs is 3. The van der Waals surface area contributed by atoms with Crippen LogP contribution in [0.5, 0.6) is 0 Å². The molecule has 0 saturated heterocycles. The Morgan fingerprint density at radius 3 is 2.65 bits per heavy atom. The Balaban J connectivity index is 2.40. The molecule has 0 saturated carbocycles. The lowest BCUT2D eigenvalue weighted by atomic mass is 9.84. The lowest BCUT2D eigenvalue weighted by Crippen LogP contribution is -2.31. The summed E-state index contributed by atoms with van der Waals surface area (Å²) in [5.74, 6) is -0.519. The predicted octanol–water partition coefficient (Wildman–Crippen LogP) is 1.97. The number of Topliss-reactive ketones (excluding diaryl/α,β-unsaturated/α-hetero) is 2. The van der Waals surface area contributed by atoms with E-state index >= 15 is 0 Å². The minimum atomic E-state index is -1.18. The van der Waals surface area contributed by atoms with Gasteiger partial charge in [0.2, 0.25) is 0 Å². The first kappa shape index (κ1) is 10.2. The molecule has 0 aromatic heterocycles. The number of rotatable bonds is 0. The van der Waals surface area contributed by atoms with E-state index in [1.54, 1.807) is 12.1 Å². The molecule has 0 radical (unpaired) electrons. The van der Waals surface area contributed by atoms with Crippen molar-refractivity contribution in [2.24, 2.45) is 0 Å². The Morgan fingerprint density at radius 1 is 1.06 bits per heavy atom. The molecule has 3 nitrogen and oxygen atoms in total. The molecule has 0 heterocycles. The number of benzene rings is 2. The van der Waals surface area contributed by atoms with Gasteiger partial charge in [-0.3, -0.25) is 9.59 Å². The zero-order chi connectivity index (χ0) is 12.0. The van der Waals surface area contributed by atoms with Crippen molar-refractivity contribution in [2.45, 2.75) is 12.5 Å². The topological polar surface area (TPSA) is 54.4 Å². The van der Waals surface area contributed by atoms with E-state index in [0.717, 1.165) is 10.8 Å². The molecule has 1 N–H and O–H groups in total. The third-order valence-corrected chi connectivity index (χ3v) is 3.15. The summed E-state index contributed by atoms with van der Waals surface area (Å²) in [6.07, 6.45) is -1.30. The van der Waals surface area contributed by atoms with Crippen LogP contribution < -0.4 is 0 Å². The monoisotopic (exact) mass is 226 g/mol. The largest absolute Gasteiger partial charge is 0.384 e. The molecule has 0 aliphatic heterocycles. The van der Waals surface area contributed by atoms with E-state index < -0.39 is 6.10 Å². The SMILES string of the molecule is O=C1C[C@@H](O)C(=O)c2ccc3ccccc3c21.